The van der Waals surface area contributed by atoms with Gasteiger partial charge in [0.05, 0.1) is 6.54 Å². The van der Waals surface area contributed by atoms with Crippen LogP contribution in [0.5, 0.6) is 5.75 Å². The number of ether oxygens (including phenoxy) is 1. The van der Waals surface area contributed by atoms with Crippen LogP contribution in [0, 0.1) is 11.6 Å². The summed E-state index contributed by atoms with van der Waals surface area (Å²) in [6.07, 6.45) is 0.719. The van der Waals surface area contributed by atoms with E-state index < -0.39 is 11.6 Å². The van der Waals surface area contributed by atoms with Crippen LogP contribution in [0.25, 0.3) is 0 Å². The fraction of sp³-hybridized carbons (Fsp3) is 0.300. The first kappa shape index (κ1) is 24.6. The van der Waals surface area contributed by atoms with Gasteiger partial charge in [-0.3, -0.25) is 9.79 Å². The quantitative estimate of drug-likeness (QED) is 0.218. The number of rotatable bonds is 8. The van der Waals surface area contributed by atoms with E-state index in [1.165, 1.54) is 6.07 Å². The van der Waals surface area contributed by atoms with E-state index in [-0.39, 0.29) is 42.2 Å². The average Bonchev–Trinajstić information content (AvgIpc) is 2.71. The van der Waals surface area contributed by atoms with Crippen molar-refractivity contribution in [2.45, 2.75) is 6.42 Å². The predicted molar refractivity (Wildman–Crippen MR) is 120 cm³/mol. The van der Waals surface area contributed by atoms with Crippen molar-refractivity contribution in [1.82, 2.24) is 16.0 Å². The third-order valence-electron chi connectivity index (χ3n) is 3.90. The van der Waals surface area contributed by atoms with Crippen molar-refractivity contribution in [3.05, 3.63) is 65.2 Å². The molecule has 0 aliphatic carbocycles. The second kappa shape index (κ2) is 12.9. The second-order valence-corrected chi connectivity index (χ2v) is 5.88. The van der Waals surface area contributed by atoms with Crippen molar-refractivity contribution in [2.24, 2.45) is 4.99 Å². The van der Waals surface area contributed by atoms with Crippen LogP contribution in [0.1, 0.15) is 15.9 Å². The summed E-state index contributed by atoms with van der Waals surface area (Å²) in [6, 6.07) is 10.8. The summed E-state index contributed by atoms with van der Waals surface area (Å²) in [4.78, 5) is 15.8. The average molecular weight is 518 g/mol. The fourth-order valence-corrected chi connectivity index (χ4v) is 2.46. The number of hydrogen-bond donors (Lipinski definition) is 3. The molecule has 29 heavy (non-hydrogen) atoms. The van der Waals surface area contributed by atoms with Crippen LogP contribution in [0.15, 0.2) is 47.5 Å². The van der Waals surface area contributed by atoms with Crippen LogP contribution in [0.3, 0.4) is 0 Å². The zero-order valence-electron chi connectivity index (χ0n) is 16.3. The van der Waals surface area contributed by atoms with Crippen LogP contribution in [-0.4, -0.2) is 45.7 Å². The number of amides is 1. The van der Waals surface area contributed by atoms with Gasteiger partial charge >= 0.3 is 0 Å². The number of guanidine groups is 1. The van der Waals surface area contributed by atoms with Crippen LogP contribution in [-0.2, 0) is 6.42 Å². The van der Waals surface area contributed by atoms with E-state index in [2.05, 4.69) is 20.9 Å². The lowest BCUT2D eigenvalue weighted by atomic mass is 10.1. The lowest BCUT2D eigenvalue weighted by Gasteiger charge is -2.13. The highest BCUT2D eigenvalue weighted by Crippen LogP contribution is 2.14. The molecule has 6 nitrogen and oxygen atoms in total. The molecule has 9 heteroatoms. The molecule has 2 rings (SSSR count). The lowest BCUT2D eigenvalue weighted by molar-refractivity contribution is 0.0963. The highest BCUT2D eigenvalue weighted by molar-refractivity contribution is 14.0. The minimum Gasteiger partial charge on any atom is -0.492 e. The van der Waals surface area contributed by atoms with Crippen molar-refractivity contribution < 1.29 is 18.3 Å². The van der Waals surface area contributed by atoms with E-state index in [4.69, 9.17) is 4.74 Å². The molecular weight excluding hydrogens is 493 g/mol. The molecule has 0 saturated carbocycles. The maximum Gasteiger partial charge on any atom is 0.251 e. The molecule has 3 N–H and O–H groups in total. The van der Waals surface area contributed by atoms with E-state index in [9.17, 15) is 13.6 Å². The van der Waals surface area contributed by atoms with Crippen molar-refractivity contribution in [2.75, 3.05) is 33.8 Å². The van der Waals surface area contributed by atoms with E-state index in [1.54, 1.807) is 20.2 Å². The van der Waals surface area contributed by atoms with Gasteiger partial charge in [0, 0.05) is 32.3 Å². The highest BCUT2D eigenvalue weighted by Gasteiger charge is 2.05. The maximum absolute atomic E-state index is 13.1. The van der Waals surface area contributed by atoms with Gasteiger partial charge in [0.15, 0.2) is 17.6 Å². The largest absolute Gasteiger partial charge is 0.492 e. The van der Waals surface area contributed by atoms with Crippen molar-refractivity contribution in [1.29, 1.82) is 0 Å². The topological polar surface area (TPSA) is 74.8 Å². The van der Waals surface area contributed by atoms with Crippen molar-refractivity contribution in [3.8, 4) is 5.75 Å². The van der Waals surface area contributed by atoms with Crippen LogP contribution in [0.2, 0.25) is 0 Å². The molecule has 2 aromatic carbocycles. The first-order valence-corrected chi connectivity index (χ1v) is 8.87. The van der Waals surface area contributed by atoms with Crippen LogP contribution in [0.4, 0.5) is 8.78 Å². The molecule has 0 saturated heterocycles. The van der Waals surface area contributed by atoms with Gasteiger partial charge in [-0.05, 0) is 36.2 Å². The predicted octanol–water partition coefficient (Wildman–Crippen LogP) is 2.73. The number of nitrogens with zero attached hydrogens (tertiary/aromatic N) is 1. The summed E-state index contributed by atoms with van der Waals surface area (Å²) in [7, 11) is 3.25. The Labute approximate surface area is 186 Å². The first-order valence-electron chi connectivity index (χ1n) is 8.87. The van der Waals surface area contributed by atoms with Gasteiger partial charge < -0.3 is 20.7 Å². The number of nitrogens with one attached hydrogen (secondary N) is 3. The molecule has 0 heterocycles. The monoisotopic (exact) mass is 518 g/mol. The summed E-state index contributed by atoms with van der Waals surface area (Å²) in [5, 5.41) is 8.84. The molecule has 0 atom stereocenters. The van der Waals surface area contributed by atoms with E-state index in [0.717, 1.165) is 24.1 Å². The van der Waals surface area contributed by atoms with E-state index >= 15 is 0 Å². The SMILES string of the molecule is CN=C(NCCOc1ccc(F)c(F)c1)NCCc1cccc(C(=O)NC)c1.I. The number of aliphatic imine (C=N–C) groups is 1. The van der Waals surface area contributed by atoms with Gasteiger partial charge in [0.25, 0.3) is 5.91 Å². The summed E-state index contributed by atoms with van der Waals surface area (Å²) in [5.74, 6) is -1.11. The minimum absolute atomic E-state index is 0. The maximum atomic E-state index is 13.1. The minimum atomic E-state index is -0.941. The van der Waals surface area contributed by atoms with Gasteiger partial charge in [0.2, 0.25) is 0 Å². The molecule has 0 aromatic heterocycles. The molecule has 0 fully saturated rings. The van der Waals surface area contributed by atoms with E-state index in [0.29, 0.717) is 24.6 Å². The van der Waals surface area contributed by atoms with Crippen LogP contribution < -0.4 is 20.7 Å². The molecule has 2 aromatic rings. The third kappa shape index (κ3) is 8.22. The normalized spacial score (nSPS) is 10.7. The van der Waals surface area contributed by atoms with Gasteiger partial charge in [-0.1, -0.05) is 12.1 Å². The van der Waals surface area contributed by atoms with Crippen molar-refractivity contribution >= 4 is 35.8 Å². The number of carbonyl (C=O) groups excluding carboxylic acids is 1. The molecule has 0 aliphatic heterocycles. The van der Waals surface area contributed by atoms with Gasteiger partial charge in [-0.2, -0.15) is 0 Å². The molecule has 0 radical (unpaired) electrons. The number of halogens is 3. The molecule has 158 valence electrons. The Hall–Kier alpha value is -2.43. The molecule has 0 bridgehead atoms. The molecule has 0 unspecified atom stereocenters. The Morgan fingerprint density at radius 2 is 1.83 bits per heavy atom. The summed E-state index contributed by atoms with van der Waals surface area (Å²) < 4.78 is 31.4. The Morgan fingerprint density at radius 1 is 1.07 bits per heavy atom. The molecule has 0 spiro atoms. The smallest absolute Gasteiger partial charge is 0.251 e. The van der Waals surface area contributed by atoms with Crippen molar-refractivity contribution in [3.63, 3.8) is 0 Å². The number of carbonyl (C=O) groups is 1. The molecule has 0 aliphatic rings. The summed E-state index contributed by atoms with van der Waals surface area (Å²) in [6.45, 7) is 1.33. The Kier molecular flexibility index (Phi) is 11.0. The van der Waals surface area contributed by atoms with Gasteiger partial charge in [-0.15, -0.1) is 24.0 Å². The van der Waals surface area contributed by atoms with Gasteiger partial charge in [0.1, 0.15) is 12.4 Å². The second-order valence-electron chi connectivity index (χ2n) is 5.88. The third-order valence-corrected chi connectivity index (χ3v) is 3.90. The summed E-state index contributed by atoms with van der Waals surface area (Å²) in [5.41, 5.74) is 1.66. The summed E-state index contributed by atoms with van der Waals surface area (Å²) >= 11 is 0. The number of benzene rings is 2. The highest BCUT2D eigenvalue weighted by atomic mass is 127. The Bertz CT molecular complexity index is 834. The standard InChI is InChI=1S/C20H24F2N4O2.HI/c1-23-19(27)15-5-3-4-14(12-15)8-9-25-20(24-2)26-10-11-28-16-6-7-17(21)18(22)13-16;/h3-7,12-13H,8-11H2,1-2H3,(H,23,27)(H2,24,25,26);1H. The zero-order chi connectivity index (χ0) is 20.4. The fourth-order valence-electron chi connectivity index (χ4n) is 2.46. The lowest BCUT2D eigenvalue weighted by Crippen LogP contribution is -2.40. The van der Waals surface area contributed by atoms with Crippen LogP contribution >= 0.6 is 24.0 Å². The van der Waals surface area contributed by atoms with E-state index in [1.807, 2.05) is 18.2 Å². The zero-order valence-corrected chi connectivity index (χ0v) is 18.6. The Balaban J connectivity index is 0.00000420. The number of hydrogen-bond acceptors (Lipinski definition) is 3. The molecule has 1 amide bonds. The molecular formula is C20H25F2IN4O2. The first-order chi connectivity index (χ1) is 13.5. The Morgan fingerprint density at radius 3 is 2.52 bits per heavy atom. The van der Waals surface area contributed by atoms with Gasteiger partial charge in [-0.25, -0.2) is 8.78 Å².